The quantitative estimate of drug-likeness (QED) is 0.538. The summed E-state index contributed by atoms with van der Waals surface area (Å²) in [5, 5.41) is 0. The molecular weight excluding hydrogens is 378 g/mol. The molecule has 0 aromatic heterocycles. The minimum atomic E-state index is 0. The second-order valence-electron chi connectivity index (χ2n) is 4.33. The number of halogens is 2. The molecule has 0 nitrogen and oxygen atoms in total. The standard InChI is InChI=1S/2C9H11.2ClH.Zr/c2*1-3-5-9-7-4-6-8(9)2;;;/h2*3,5,7H,4H2,1-2H3;2*1H;/q2*-1;;;+4/p-2. The Bertz CT molecular complexity index is 420. The summed E-state index contributed by atoms with van der Waals surface area (Å²) in [7, 11) is 0. The third-order valence-electron chi connectivity index (χ3n) is 2.94. The van der Waals surface area contributed by atoms with E-state index in [4.69, 9.17) is 0 Å². The summed E-state index contributed by atoms with van der Waals surface area (Å²) in [6.07, 6.45) is 21.2. The van der Waals surface area contributed by atoms with Crippen molar-refractivity contribution in [3.8, 4) is 0 Å². The van der Waals surface area contributed by atoms with Crippen LogP contribution >= 0.6 is 0 Å². The van der Waals surface area contributed by atoms with Crippen LogP contribution in [0.1, 0.15) is 40.5 Å². The minimum Gasteiger partial charge on any atom is -1.00 e. The fourth-order valence-corrected chi connectivity index (χ4v) is 1.88. The molecular formula is C18H22Cl2Zr. The summed E-state index contributed by atoms with van der Waals surface area (Å²) >= 11 is 0. The van der Waals surface area contributed by atoms with E-state index in [1.54, 1.807) is 0 Å². The Balaban J connectivity index is -0.000000270. The first kappa shape index (κ1) is 25.8. The monoisotopic (exact) mass is 398 g/mol. The van der Waals surface area contributed by atoms with Crippen molar-refractivity contribution in [2.24, 2.45) is 0 Å². The molecule has 0 radical (unpaired) electrons. The van der Waals surface area contributed by atoms with Crippen molar-refractivity contribution in [1.82, 2.24) is 0 Å². The SMILES string of the molecule is CC=CC1=CC[C-]=C1C.CC=CC1=CC[C-]=C1C.[Cl-].[Cl-].[Zr+4]. The molecule has 0 aromatic carbocycles. The molecule has 0 unspecified atom stereocenters. The largest absolute Gasteiger partial charge is 4.00 e. The van der Waals surface area contributed by atoms with Gasteiger partial charge in [0.05, 0.1) is 0 Å². The zero-order valence-electron chi connectivity index (χ0n) is 13.1. The molecule has 0 spiro atoms. The summed E-state index contributed by atoms with van der Waals surface area (Å²) in [5.74, 6) is 0. The first-order valence-electron chi connectivity index (χ1n) is 6.50. The van der Waals surface area contributed by atoms with Crippen molar-refractivity contribution in [1.29, 1.82) is 0 Å². The van der Waals surface area contributed by atoms with Gasteiger partial charge in [-0.2, -0.15) is 23.3 Å². The minimum absolute atomic E-state index is 0. The van der Waals surface area contributed by atoms with Gasteiger partial charge < -0.3 is 24.8 Å². The fourth-order valence-electron chi connectivity index (χ4n) is 1.88. The first-order chi connectivity index (χ1) is 8.69. The van der Waals surface area contributed by atoms with Crippen LogP contribution in [0.15, 0.2) is 58.7 Å². The molecule has 21 heavy (non-hydrogen) atoms. The van der Waals surface area contributed by atoms with E-state index in [1.165, 1.54) is 22.3 Å². The topological polar surface area (TPSA) is 0 Å². The predicted molar refractivity (Wildman–Crippen MR) is 79.9 cm³/mol. The molecule has 0 atom stereocenters. The summed E-state index contributed by atoms with van der Waals surface area (Å²) in [6.45, 7) is 8.26. The van der Waals surface area contributed by atoms with Crippen LogP contribution in [0, 0.1) is 12.2 Å². The van der Waals surface area contributed by atoms with Gasteiger partial charge in [-0.25, -0.2) is 11.1 Å². The summed E-state index contributed by atoms with van der Waals surface area (Å²) in [6, 6.07) is 0. The van der Waals surface area contributed by atoms with Crippen molar-refractivity contribution in [2.45, 2.75) is 40.5 Å². The van der Waals surface area contributed by atoms with Crippen LogP contribution in [-0.2, 0) is 26.2 Å². The Morgan fingerprint density at radius 3 is 1.33 bits per heavy atom. The second-order valence-corrected chi connectivity index (χ2v) is 4.33. The molecule has 2 aliphatic carbocycles. The second kappa shape index (κ2) is 14.8. The normalized spacial score (nSPS) is 15.8. The molecule has 0 aliphatic heterocycles. The van der Waals surface area contributed by atoms with Gasteiger partial charge in [0.1, 0.15) is 0 Å². The number of allylic oxidation sites excluding steroid dienone is 12. The van der Waals surface area contributed by atoms with Gasteiger partial charge in [-0.3, -0.25) is 12.2 Å². The first-order valence-corrected chi connectivity index (χ1v) is 6.50. The van der Waals surface area contributed by atoms with E-state index in [9.17, 15) is 0 Å². The average Bonchev–Trinajstić information content (AvgIpc) is 2.92. The summed E-state index contributed by atoms with van der Waals surface area (Å²) in [4.78, 5) is 0. The third kappa shape index (κ3) is 9.51. The molecule has 0 amide bonds. The molecule has 0 N–H and O–H groups in total. The van der Waals surface area contributed by atoms with Crippen LogP contribution in [0.2, 0.25) is 0 Å². The van der Waals surface area contributed by atoms with E-state index < -0.39 is 0 Å². The Kier molecular flexibility index (Phi) is 18.2. The molecule has 112 valence electrons. The van der Waals surface area contributed by atoms with Crippen LogP contribution < -0.4 is 24.8 Å². The van der Waals surface area contributed by atoms with E-state index >= 15 is 0 Å². The molecule has 2 aliphatic rings. The van der Waals surface area contributed by atoms with E-state index in [0.29, 0.717) is 0 Å². The van der Waals surface area contributed by atoms with Gasteiger partial charge in [-0.05, 0) is 13.8 Å². The number of rotatable bonds is 2. The van der Waals surface area contributed by atoms with E-state index in [-0.39, 0.29) is 51.0 Å². The van der Waals surface area contributed by atoms with Crippen LogP contribution in [0.3, 0.4) is 0 Å². The predicted octanol–water partition coefficient (Wildman–Crippen LogP) is -0.710. The van der Waals surface area contributed by atoms with E-state index in [1.807, 2.05) is 13.8 Å². The molecule has 3 heteroatoms. The van der Waals surface area contributed by atoms with Crippen LogP contribution in [0.25, 0.3) is 0 Å². The van der Waals surface area contributed by atoms with Gasteiger partial charge in [0, 0.05) is 0 Å². The summed E-state index contributed by atoms with van der Waals surface area (Å²) < 4.78 is 0. The van der Waals surface area contributed by atoms with Gasteiger partial charge in [-0.15, -0.1) is 37.1 Å². The number of hydrogen-bond acceptors (Lipinski definition) is 0. The van der Waals surface area contributed by atoms with Crippen molar-refractivity contribution < 1.29 is 51.0 Å². The van der Waals surface area contributed by atoms with Gasteiger partial charge >= 0.3 is 26.2 Å². The molecule has 0 bridgehead atoms. The smallest absolute Gasteiger partial charge is 1.00 e. The van der Waals surface area contributed by atoms with Crippen molar-refractivity contribution >= 4 is 0 Å². The Labute approximate surface area is 161 Å². The number of hydrogen-bond donors (Lipinski definition) is 0. The van der Waals surface area contributed by atoms with E-state index in [0.717, 1.165) is 12.8 Å². The molecule has 0 heterocycles. The molecule has 0 fully saturated rings. The Morgan fingerprint density at radius 2 is 1.14 bits per heavy atom. The van der Waals surface area contributed by atoms with Gasteiger partial charge in [0.25, 0.3) is 0 Å². The third-order valence-corrected chi connectivity index (χ3v) is 2.94. The van der Waals surface area contributed by atoms with Gasteiger partial charge in [0.15, 0.2) is 0 Å². The van der Waals surface area contributed by atoms with Crippen molar-refractivity contribution in [3.63, 3.8) is 0 Å². The van der Waals surface area contributed by atoms with Crippen LogP contribution in [0.5, 0.6) is 0 Å². The molecule has 0 saturated heterocycles. The maximum Gasteiger partial charge on any atom is 4.00 e. The fraction of sp³-hybridized carbons (Fsp3) is 0.333. The maximum atomic E-state index is 3.23. The molecule has 0 saturated carbocycles. The van der Waals surface area contributed by atoms with Crippen LogP contribution in [0.4, 0.5) is 0 Å². The Hall–Kier alpha value is -0.0969. The summed E-state index contributed by atoms with van der Waals surface area (Å²) in [5.41, 5.74) is 5.23. The average molecular weight is 401 g/mol. The maximum absolute atomic E-state index is 3.23. The van der Waals surface area contributed by atoms with Gasteiger partial charge in [0.2, 0.25) is 0 Å². The van der Waals surface area contributed by atoms with Crippen molar-refractivity contribution in [3.05, 3.63) is 70.9 Å². The Morgan fingerprint density at radius 1 is 0.810 bits per heavy atom. The van der Waals surface area contributed by atoms with Gasteiger partial charge in [-0.1, -0.05) is 13.8 Å². The molecule has 0 aromatic rings. The van der Waals surface area contributed by atoms with Crippen molar-refractivity contribution in [2.75, 3.05) is 0 Å². The zero-order valence-corrected chi connectivity index (χ0v) is 17.1. The molecule has 2 rings (SSSR count). The van der Waals surface area contributed by atoms with E-state index in [2.05, 4.69) is 62.5 Å². The zero-order chi connectivity index (χ0) is 13.4. The van der Waals surface area contributed by atoms with Crippen LogP contribution in [-0.4, -0.2) is 0 Å².